The van der Waals surface area contributed by atoms with Gasteiger partial charge in [-0.15, -0.1) is 5.10 Å². The van der Waals surface area contributed by atoms with Crippen molar-refractivity contribution in [2.75, 3.05) is 11.9 Å². The lowest BCUT2D eigenvalue weighted by atomic mass is 10.2. The Hall–Kier alpha value is -3.55. The Morgan fingerprint density at radius 1 is 1.07 bits per heavy atom. The van der Waals surface area contributed by atoms with Crippen LogP contribution >= 0.6 is 0 Å². The highest BCUT2D eigenvalue weighted by molar-refractivity contribution is 5.82. The minimum Gasteiger partial charge on any atom is -0.465 e. The lowest BCUT2D eigenvalue weighted by molar-refractivity contribution is -0.143. The lowest BCUT2D eigenvalue weighted by Gasteiger charge is -2.11. The first-order valence-corrected chi connectivity index (χ1v) is 9.19. The van der Waals surface area contributed by atoms with Crippen LogP contribution in [-0.4, -0.2) is 37.5 Å². The van der Waals surface area contributed by atoms with Gasteiger partial charge in [0, 0.05) is 5.69 Å². The highest BCUT2D eigenvalue weighted by Crippen LogP contribution is 2.24. The molecule has 142 valence electrons. The molecule has 0 unspecified atom stereocenters. The minimum absolute atomic E-state index is 0.0350. The van der Waals surface area contributed by atoms with Gasteiger partial charge in [-0.25, -0.2) is 14.6 Å². The Kier molecular flexibility index (Phi) is 4.84. The van der Waals surface area contributed by atoms with Gasteiger partial charge in [-0.3, -0.25) is 4.79 Å². The fraction of sp³-hybridized carbons (Fsp3) is 0.250. The molecule has 0 bridgehead atoms. The number of fused-ring (bicyclic) bond motifs is 2. The molecule has 0 spiro atoms. The van der Waals surface area contributed by atoms with E-state index in [4.69, 9.17) is 14.7 Å². The molecule has 4 aromatic rings. The number of nitrogens with zero attached hydrogens (tertiary/aromatic N) is 5. The predicted molar refractivity (Wildman–Crippen MR) is 106 cm³/mol. The SMILES string of the molecule is CCOC(=O)Cn1nnc2cc(Nc3nc4ccccc4nc3CC)ccc21. The minimum atomic E-state index is -0.337. The van der Waals surface area contributed by atoms with Crippen molar-refractivity contribution in [2.24, 2.45) is 0 Å². The summed E-state index contributed by atoms with van der Waals surface area (Å²) in [6.07, 6.45) is 0.762. The van der Waals surface area contributed by atoms with Crippen LogP contribution in [0.15, 0.2) is 42.5 Å². The molecule has 8 nitrogen and oxygen atoms in total. The van der Waals surface area contributed by atoms with E-state index in [0.29, 0.717) is 12.1 Å². The van der Waals surface area contributed by atoms with Crippen LogP contribution in [0.25, 0.3) is 22.1 Å². The third kappa shape index (κ3) is 3.48. The molecular formula is C20H20N6O2. The van der Waals surface area contributed by atoms with Crippen LogP contribution < -0.4 is 5.32 Å². The predicted octanol–water partition coefficient (Wildman–Crippen LogP) is 3.24. The molecule has 0 fully saturated rings. The van der Waals surface area contributed by atoms with E-state index in [9.17, 15) is 4.79 Å². The summed E-state index contributed by atoms with van der Waals surface area (Å²) in [5.74, 6) is 0.384. The Labute approximate surface area is 161 Å². The summed E-state index contributed by atoms with van der Waals surface area (Å²) >= 11 is 0. The number of carbonyl (C=O) groups excluding carboxylic acids is 1. The fourth-order valence-electron chi connectivity index (χ4n) is 3.02. The van der Waals surface area contributed by atoms with Crippen LogP contribution in [0, 0.1) is 0 Å². The molecule has 2 heterocycles. The normalized spacial score (nSPS) is 11.1. The molecule has 0 aliphatic carbocycles. The van der Waals surface area contributed by atoms with Gasteiger partial charge in [0.15, 0.2) is 5.82 Å². The van der Waals surface area contributed by atoms with Crippen molar-refractivity contribution in [1.82, 2.24) is 25.0 Å². The van der Waals surface area contributed by atoms with Crippen molar-refractivity contribution >= 4 is 39.5 Å². The number of hydrogen-bond acceptors (Lipinski definition) is 7. The summed E-state index contributed by atoms with van der Waals surface area (Å²) < 4.78 is 6.50. The van der Waals surface area contributed by atoms with E-state index in [1.54, 1.807) is 6.92 Å². The number of benzene rings is 2. The van der Waals surface area contributed by atoms with Crippen LogP contribution in [-0.2, 0) is 22.5 Å². The number of para-hydroxylation sites is 2. The molecule has 2 aromatic carbocycles. The Morgan fingerprint density at radius 2 is 1.86 bits per heavy atom. The molecule has 0 saturated carbocycles. The zero-order valence-corrected chi connectivity index (χ0v) is 15.7. The maximum atomic E-state index is 11.7. The molecule has 0 saturated heterocycles. The molecule has 0 radical (unpaired) electrons. The van der Waals surface area contributed by atoms with Gasteiger partial charge in [-0.2, -0.15) is 0 Å². The number of anilines is 2. The van der Waals surface area contributed by atoms with E-state index in [1.165, 1.54) is 4.68 Å². The van der Waals surface area contributed by atoms with Gasteiger partial charge in [0.25, 0.3) is 0 Å². The quantitative estimate of drug-likeness (QED) is 0.516. The summed E-state index contributed by atoms with van der Waals surface area (Å²) in [5.41, 5.74) is 4.88. The summed E-state index contributed by atoms with van der Waals surface area (Å²) in [5, 5.41) is 11.5. The first-order valence-electron chi connectivity index (χ1n) is 9.19. The van der Waals surface area contributed by atoms with E-state index >= 15 is 0 Å². The Morgan fingerprint density at radius 3 is 2.61 bits per heavy atom. The standard InChI is InChI=1S/C20H20N6O2/c1-3-14-20(23-16-8-6-5-7-15(16)22-14)21-13-9-10-18-17(11-13)24-25-26(18)12-19(27)28-4-2/h5-11H,3-4,12H2,1-2H3,(H,21,23). The number of aromatic nitrogens is 5. The Bertz CT molecular complexity index is 1150. The third-order valence-electron chi connectivity index (χ3n) is 4.34. The highest BCUT2D eigenvalue weighted by atomic mass is 16.5. The second-order valence-corrected chi connectivity index (χ2v) is 6.24. The molecule has 0 atom stereocenters. The van der Waals surface area contributed by atoms with Crippen molar-refractivity contribution in [3.63, 3.8) is 0 Å². The van der Waals surface area contributed by atoms with Crippen molar-refractivity contribution in [3.8, 4) is 0 Å². The molecule has 28 heavy (non-hydrogen) atoms. The molecule has 0 aliphatic heterocycles. The van der Waals surface area contributed by atoms with Gasteiger partial charge >= 0.3 is 5.97 Å². The maximum absolute atomic E-state index is 11.7. The number of hydrogen-bond donors (Lipinski definition) is 1. The smallest absolute Gasteiger partial charge is 0.327 e. The zero-order chi connectivity index (χ0) is 19.5. The molecule has 0 amide bonds. The van der Waals surface area contributed by atoms with Gasteiger partial charge in [0.05, 0.1) is 28.9 Å². The summed E-state index contributed by atoms with van der Waals surface area (Å²) in [6.45, 7) is 4.20. The average molecular weight is 376 g/mol. The molecular weight excluding hydrogens is 356 g/mol. The Balaban J connectivity index is 1.63. The number of ether oxygens (including phenoxy) is 1. The van der Waals surface area contributed by atoms with Crippen molar-refractivity contribution in [2.45, 2.75) is 26.8 Å². The van der Waals surface area contributed by atoms with Gasteiger partial charge in [0.1, 0.15) is 12.1 Å². The fourth-order valence-corrected chi connectivity index (χ4v) is 3.02. The van der Waals surface area contributed by atoms with Crippen LogP contribution in [0.4, 0.5) is 11.5 Å². The molecule has 2 aromatic heterocycles. The van der Waals surface area contributed by atoms with E-state index in [1.807, 2.05) is 49.4 Å². The second kappa shape index (κ2) is 7.59. The molecule has 0 aliphatic rings. The monoisotopic (exact) mass is 376 g/mol. The van der Waals surface area contributed by atoms with Crippen molar-refractivity contribution in [3.05, 3.63) is 48.2 Å². The molecule has 4 rings (SSSR count). The first-order chi connectivity index (χ1) is 13.7. The van der Waals surface area contributed by atoms with Gasteiger partial charge in [-0.1, -0.05) is 24.3 Å². The second-order valence-electron chi connectivity index (χ2n) is 6.24. The van der Waals surface area contributed by atoms with Crippen LogP contribution in [0.2, 0.25) is 0 Å². The van der Waals surface area contributed by atoms with Crippen LogP contribution in [0.5, 0.6) is 0 Å². The highest BCUT2D eigenvalue weighted by Gasteiger charge is 2.12. The molecule has 8 heteroatoms. The van der Waals surface area contributed by atoms with E-state index in [0.717, 1.165) is 40.2 Å². The lowest BCUT2D eigenvalue weighted by Crippen LogP contribution is -2.14. The van der Waals surface area contributed by atoms with Crippen molar-refractivity contribution < 1.29 is 9.53 Å². The number of rotatable bonds is 6. The largest absolute Gasteiger partial charge is 0.465 e. The van der Waals surface area contributed by atoms with E-state index in [2.05, 4.69) is 15.6 Å². The number of esters is 1. The van der Waals surface area contributed by atoms with Gasteiger partial charge < -0.3 is 10.1 Å². The summed E-state index contributed by atoms with van der Waals surface area (Å²) in [6, 6.07) is 13.5. The van der Waals surface area contributed by atoms with Crippen LogP contribution in [0.1, 0.15) is 19.5 Å². The topological polar surface area (TPSA) is 94.8 Å². The van der Waals surface area contributed by atoms with E-state index in [-0.39, 0.29) is 12.5 Å². The van der Waals surface area contributed by atoms with Crippen molar-refractivity contribution in [1.29, 1.82) is 0 Å². The summed E-state index contributed by atoms with van der Waals surface area (Å²) in [7, 11) is 0. The number of nitrogens with one attached hydrogen (secondary N) is 1. The third-order valence-corrected chi connectivity index (χ3v) is 4.34. The first kappa shape index (κ1) is 17.8. The number of aryl methyl sites for hydroxylation is 1. The molecule has 1 N–H and O–H groups in total. The van der Waals surface area contributed by atoms with Gasteiger partial charge in [0.2, 0.25) is 0 Å². The maximum Gasteiger partial charge on any atom is 0.327 e. The average Bonchev–Trinajstić information content (AvgIpc) is 3.09. The zero-order valence-electron chi connectivity index (χ0n) is 15.7. The van der Waals surface area contributed by atoms with E-state index < -0.39 is 0 Å². The summed E-state index contributed by atoms with van der Waals surface area (Å²) in [4.78, 5) is 21.1. The number of carbonyl (C=O) groups is 1. The van der Waals surface area contributed by atoms with Crippen LogP contribution in [0.3, 0.4) is 0 Å². The van der Waals surface area contributed by atoms with Gasteiger partial charge in [-0.05, 0) is 43.7 Å².